The van der Waals surface area contributed by atoms with Crippen molar-refractivity contribution in [3.05, 3.63) is 58.3 Å². The van der Waals surface area contributed by atoms with Gasteiger partial charge in [0.25, 0.3) is 11.5 Å². The predicted molar refractivity (Wildman–Crippen MR) is 73.7 cm³/mol. The number of rotatable bonds is 4. The summed E-state index contributed by atoms with van der Waals surface area (Å²) < 4.78 is 1.20. The maximum atomic E-state index is 12.1. The Morgan fingerprint density at radius 2 is 2.05 bits per heavy atom. The van der Waals surface area contributed by atoms with Crippen molar-refractivity contribution in [1.82, 2.24) is 9.55 Å². The third kappa shape index (κ3) is 2.80. The maximum absolute atomic E-state index is 12.1. The average Bonchev–Trinajstić information content (AvgIpc) is 2.47. The lowest BCUT2D eigenvalue weighted by atomic mass is 10.2. The lowest BCUT2D eigenvalue weighted by Gasteiger charge is -2.09. The summed E-state index contributed by atoms with van der Waals surface area (Å²) in [6.07, 6.45) is 1.90. The zero-order valence-corrected chi connectivity index (χ0v) is 10.9. The summed E-state index contributed by atoms with van der Waals surface area (Å²) in [5.74, 6) is 0.0193. The number of benzene rings is 1. The van der Waals surface area contributed by atoms with E-state index in [1.807, 2.05) is 0 Å². The van der Waals surface area contributed by atoms with Gasteiger partial charge < -0.3 is 10.1 Å². The van der Waals surface area contributed by atoms with E-state index in [1.165, 1.54) is 10.8 Å². The molecule has 0 saturated heterocycles. The molecule has 1 N–H and O–H groups in total. The van der Waals surface area contributed by atoms with E-state index < -0.39 is 11.5 Å². The molecular weight excluding hydrogens is 258 g/mol. The van der Waals surface area contributed by atoms with Crippen LogP contribution in [0.3, 0.4) is 0 Å². The van der Waals surface area contributed by atoms with Gasteiger partial charge in [-0.1, -0.05) is 18.2 Å². The number of aryl methyl sites for hydroxylation is 1. The van der Waals surface area contributed by atoms with E-state index in [-0.39, 0.29) is 12.2 Å². The second-order valence-corrected chi connectivity index (χ2v) is 4.12. The van der Waals surface area contributed by atoms with Crippen molar-refractivity contribution < 1.29 is 9.59 Å². The van der Waals surface area contributed by atoms with Gasteiger partial charge in [0, 0.05) is 5.56 Å². The number of aldehydes is 1. The second-order valence-electron chi connectivity index (χ2n) is 4.12. The Morgan fingerprint density at radius 3 is 2.70 bits per heavy atom. The van der Waals surface area contributed by atoms with Gasteiger partial charge in [-0.25, -0.2) is 4.98 Å². The van der Waals surface area contributed by atoms with E-state index >= 15 is 0 Å². The number of nitrogens with zero attached hydrogens (tertiary/aromatic N) is 2. The van der Waals surface area contributed by atoms with Crippen LogP contribution in [0.4, 0.5) is 5.69 Å². The molecular formula is C14H13N3O3. The quantitative estimate of drug-likeness (QED) is 0.841. The minimum Gasteiger partial charge on any atom is -0.316 e. The normalized spacial score (nSPS) is 10.1. The topological polar surface area (TPSA) is 81.1 Å². The first-order chi connectivity index (χ1) is 9.63. The number of aromatic nitrogens is 2. The third-order valence-electron chi connectivity index (χ3n) is 2.79. The molecule has 0 bridgehead atoms. The fourth-order valence-electron chi connectivity index (χ4n) is 1.73. The van der Waals surface area contributed by atoms with E-state index in [1.54, 1.807) is 37.3 Å². The largest absolute Gasteiger partial charge is 0.316 e. The molecule has 0 saturated carbocycles. The van der Waals surface area contributed by atoms with Gasteiger partial charge in [-0.2, -0.15) is 0 Å². The van der Waals surface area contributed by atoms with E-state index in [2.05, 4.69) is 10.3 Å². The number of hydrogen-bond donors (Lipinski definition) is 1. The Labute approximate surface area is 115 Å². The maximum Gasteiger partial charge on any atom is 0.277 e. The fraction of sp³-hybridized carbons (Fsp3) is 0.143. The van der Waals surface area contributed by atoms with Crippen LogP contribution in [0.5, 0.6) is 0 Å². The van der Waals surface area contributed by atoms with Crippen LogP contribution in [0, 0.1) is 6.92 Å². The molecule has 6 heteroatoms. The first kappa shape index (κ1) is 13.7. The van der Waals surface area contributed by atoms with Crippen molar-refractivity contribution in [3.63, 3.8) is 0 Å². The van der Waals surface area contributed by atoms with Crippen LogP contribution < -0.4 is 10.9 Å². The summed E-state index contributed by atoms with van der Waals surface area (Å²) in [7, 11) is 0. The molecule has 2 rings (SSSR count). The molecule has 20 heavy (non-hydrogen) atoms. The summed E-state index contributed by atoms with van der Waals surface area (Å²) in [5.41, 5.74) is 0.0367. The van der Waals surface area contributed by atoms with Crippen LogP contribution in [-0.4, -0.2) is 21.7 Å². The molecule has 0 radical (unpaired) electrons. The van der Waals surface area contributed by atoms with Gasteiger partial charge >= 0.3 is 0 Å². The molecule has 0 aliphatic heterocycles. The van der Waals surface area contributed by atoms with Gasteiger partial charge in [0.15, 0.2) is 0 Å². The molecule has 1 heterocycles. The molecule has 1 aromatic carbocycles. The molecule has 0 aliphatic rings. The Bertz CT molecular complexity index is 693. The van der Waals surface area contributed by atoms with Crippen molar-refractivity contribution in [2.45, 2.75) is 13.5 Å². The Morgan fingerprint density at radius 1 is 1.35 bits per heavy atom. The number of carbonyl (C=O) groups is 2. The van der Waals surface area contributed by atoms with E-state index in [0.29, 0.717) is 17.7 Å². The Kier molecular flexibility index (Phi) is 4.05. The lowest BCUT2D eigenvalue weighted by molar-refractivity contribution is -0.108. The summed E-state index contributed by atoms with van der Waals surface area (Å²) in [6.45, 7) is 1.53. The van der Waals surface area contributed by atoms with Crippen molar-refractivity contribution in [1.29, 1.82) is 0 Å². The van der Waals surface area contributed by atoms with E-state index in [9.17, 15) is 14.4 Å². The van der Waals surface area contributed by atoms with Crippen LogP contribution >= 0.6 is 0 Å². The Hall–Kier alpha value is -2.76. The van der Waals surface area contributed by atoms with Crippen molar-refractivity contribution in [3.8, 4) is 0 Å². The number of hydrogen-bond acceptors (Lipinski definition) is 4. The van der Waals surface area contributed by atoms with Crippen LogP contribution in [0.2, 0.25) is 0 Å². The number of nitrogens with one attached hydrogen (secondary N) is 1. The summed E-state index contributed by atoms with van der Waals surface area (Å²) in [6, 6.07) is 8.53. The van der Waals surface area contributed by atoms with E-state index in [0.717, 1.165) is 0 Å². The third-order valence-corrected chi connectivity index (χ3v) is 2.79. The first-order valence-electron chi connectivity index (χ1n) is 6.00. The van der Waals surface area contributed by atoms with E-state index in [4.69, 9.17) is 0 Å². The summed E-state index contributed by atoms with van der Waals surface area (Å²) in [4.78, 5) is 38.6. The molecule has 6 nitrogen and oxygen atoms in total. The molecule has 1 aromatic heterocycles. The SMILES string of the molecule is Cc1ncc(NC(=O)c2ccccc2)c(=O)n1CC=O. The van der Waals surface area contributed by atoms with Crippen molar-refractivity contribution in [2.24, 2.45) is 0 Å². The van der Waals surface area contributed by atoms with Gasteiger partial charge in [-0.05, 0) is 19.1 Å². The van der Waals surface area contributed by atoms with Crippen LogP contribution in [0.15, 0.2) is 41.3 Å². The van der Waals surface area contributed by atoms with Gasteiger partial charge in [0.2, 0.25) is 0 Å². The van der Waals surface area contributed by atoms with Gasteiger partial charge in [0.1, 0.15) is 17.8 Å². The second kappa shape index (κ2) is 5.92. The minimum absolute atomic E-state index is 0.0475. The summed E-state index contributed by atoms with van der Waals surface area (Å²) >= 11 is 0. The van der Waals surface area contributed by atoms with Gasteiger partial charge in [-0.3, -0.25) is 14.2 Å². The standard InChI is InChI=1S/C14H13N3O3/c1-10-15-9-12(14(20)17(10)7-8-18)16-13(19)11-5-3-2-4-6-11/h2-6,8-9H,7H2,1H3,(H,16,19). The Balaban J connectivity index is 2.31. The monoisotopic (exact) mass is 271 g/mol. The van der Waals surface area contributed by atoms with Crippen LogP contribution in [0.1, 0.15) is 16.2 Å². The van der Waals surface area contributed by atoms with Gasteiger partial charge in [0.05, 0.1) is 12.7 Å². The molecule has 0 fully saturated rings. The molecule has 1 amide bonds. The number of amides is 1. The van der Waals surface area contributed by atoms with Crippen molar-refractivity contribution >= 4 is 17.9 Å². The summed E-state index contributed by atoms with van der Waals surface area (Å²) in [5, 5.41) is 2.50. The molecule has 0 spiro atoms. The molecule has 0 unspecified atom stereocenters. The molecule has 0 aliphatic carbocycles. The fourth-order valence-corrected chi connectivity index (χ4v) is 1.73. The highest BCUT2D eigenvalue weighted by Gasteiger charge is 2.11. The zero-order chi connectivity index (χ0) is 14.5. The highest BCUT2D eigenvalue weighted by atomic mass is 16.2. The molecule has 0 atom stereocenters. The van der Waals surface area contributed by atoms with Crippen LogP contribution in [-0.2, 0) is 11.3 Å². The first-order valence-corrected chi connectivity index (χ1v) is 6.00. The number of carbonyl (C=O) groups excluding carboxylic acids is 2. The highest BCUT2D eigenvalue weighted by Crippen LogP contribution is 2.04. The van der Waals surface area contributed by atoms with Gasteiger partial charge in [-0.15, -0.1) is 0 Å². The molecule has 2 aromatic rings. The van der Waals surface area contributed by atoms with Crippen molar-refractivity contribution in [2.75, 3.05) is 5.32 Å². The highest BCUT2D eigenvalue weighted by molar-refractivity contribution is 6.04. The average molecular weight is 271 g/mol. The smallest absolute Gasteiger partial charge is 0.277 e. The predicted octanol–water partition coefficient (Wildman–Crippen LogP) is 1.00. The minimum atomic E-state index is -0.450. The number of anilines is 1. The molecule has 102 valence electrons. The zero-order valence-electron chi connectivity index (χ0n) is 10.9. The lowest BCUT2D eigenvalue weighted by Crippen LogP contribution is -2.28. The van der Waals surface area contributed by atoms with Crippen LogP contribution in [0.25, 0.3) is 0 Å².